The number of rotatable bonds is 13. The minimum Gasteiger partial charge on any atom is -0.352 e. The Kier molecular flexibility index (Phi) is 9.09. The van der Waals surface area contributed by atoms with E-state index in [0.29, 0.717) is 12.1 Å². The van der Waals surface area contributed by atoms with Gasteiger partial charge in [0.05, 0.1) is 11.0 Å². The smallest absolute Gasteiger partial charge is 0.246 e. The molecule has 148 valence electrons. The van der Waals surface area contributed by atoms with Crippen LogP contribution < -0.4 is 5.32 Å². The molecule has 27 heavy (non-hydrogen) atoms. The Morgan fingerprint density at radius 2 is 1.74 bits per heavy atom. The predicted octanol–water partition coefficient (Wildman–Crippen LogP) is 5.41. The van der Waals surface area contributed by atoms with Gasteiger partial charge in [0.2, 0.25) is 5.91 Å². The van der Waals surface area contributed by atoms with Crippen LogP contribution in [0, 0.1) is 0 Å². The second-order valence-electron chi connectivity index (χ2n) is 7.43. The van der Waals surface area contributed by atoms with Crippen LogP contribution in [-0.4, -0.2) is 22.0 Å². The number of nitrogens with one attached hydrogen (secondary N) is 1. The number of benzene rings is 1. The van der Waals surface area contributed by atoms with Crippen molar-refractivity contribution in [3.63, 3.8) is 0 Å². The number of aryl methyl sites for hydroxylation is 1. The molecule has 4 heteroatoms. The average molecular weight is 370 g/mol. The van der Waals surface area contributed by atoms with Gasteiger partial charge in [-0.05, 0) is 25.5 Å². The van der Waals surface area contributed by atoms with Crippen molar-refractivity contribution in [3.05, 3.63) is 42.2 Å². The number of nitrogens with zero attached hydrogens (tertiary/aromatic N) is 2. The van der Waals surface area contributed by atoms with Gasteiger partial charge in [0.1, 0.15) is 5.82 Å². The first-order valence-electron chi connectivity index (χ1n) is 10.5. The maximum Gasteiger partial charge on any atom is 0.246 e. The Labute approximate surface area is 164 Å². The lowest BCUT2D eigenvalue weighted by molar-refractivity contribution is -0.117. The largest absolute Gasteiger partial charge is 0.352 e. The molecule has 0 saturated carbocycles. The highest BCUT2D eigenvalue weighted by atomic mass is 16.1. The van der Waals surface area contributed by atoms with Gasteiger partial charge in [-0.3, -0.25) is 4.79 Å². The highest BCUT2D eigenvalue weighted by molar-refractivity contribution is 5.92. The number of fused-ring (bicyclic) bond motifs is 1. The summed E-state index contributed by atoms with van der Waals surface area (Å²) in [5.74, 6) is 0.974. The maximum atomic E-state index is 11.7. The summed E-state index contributed by atoms with van der Waals surface area (Å²) in [5, 5.41) is 2.91. The fourth-order valence-electron chi connectivity index (χ4n) is 3.41. The fraction of sp³-hybridized carbons (Fsp3) is 0.565. The van der Waals surface area contributed by atoms with Crippen molar-refractivity contribution in [2.24, 2.45) is 0 Å². The summed E-state index contributed by atoms with van der Waals surface area (Å²) in [4.78, 5) is 16.5. The van der Waals surface area contributed by atoms with Gasteiger partial charge in [-0.15, -0.1) is 0 Å². The predicted molar refractivity (Wildman–Crippen MR) is 114 cm³/mol. The Morgan fingerprint density at radius 1 is 1.07 bits per heavy atom. The van der Waals surface area contributed by atoms with Crippen LogP contribution in [0.1, 0.15) is 71.0 Å². The summed E-state index contributed by atoms with van der Waals surface area (Å²) in [6.45, 7) is 9.26. The molecule has 4 nitrogen and oxygen atoms in total. The van der Waals surface area contributed by atoms with Crippen molar-refractivity contribution in [2.45, 2.75) is 78.2 Å². The molecule has 0 unspecified atom stereocenters. The van der Waals surface area contributed by atoms with Crippen molar-refractivity contribution in [1.29, 1.82) is 0 Å². The van der Waals surface area contributed by atoms with E-state index < -0.39 is 0 Å². The summed E-state index contributed by atoms with van der Waals surface area (Å²) in [7, 11) is 0. The van der Waals surface area contributed by atoms with Crippen LogP contribution >= 0.6 is 0 Å². The first kappa shape index (κ1) is 21.2. The maximum absolute atomic E-state index is 11.7. The summed E-state index contributed by atoms with van der Waals surface area (Å²) < 4.78 is 2.33. The van der Waals surface area contributed by atoms with E-state index in [1.807, 2.05) is 6.07 Å². The SMILES string of the molecule is C=C(C)C(=O)NCCc1nc2ccccc2n1CCCCCCCCCC. The molecule has 0 atom stereocenters. The Bertz CT molecular complexity index is 732. The summed E-state index contributed by atoms with van der Waals surface area (Å²) in [5.41, 5.74) is 2.78. The second-order valence-corrected chi connectivity index (χ2v) is 7.43. The van der Waals surface area contributed by atoms with Crippen LogP contribution in [0.15, 0.2) is 36.4 Å². The van der Waals surface area contributed by atoms with Crippen molar-refractivity contribution >= 4 is 16.9 Å². The molecule has 0 aliphatic rings. The molecule has 1 aromatic heterocycles. The molecular formula is C23H35N3O. The third-order valence-corrected chi connectivity index (χ3v) is 4.99. The Balaban J connectivity index is 1.87. The molecule has 0 aliphatic heterocycles. The lowest BCUT2D eigenvalue weighted by Gasteiger charge is -2.10. The molecule has 0 aliphatic carbocycles. The number of imidazole rings is 1. The van der Waals surface area contributed by atoms with E-state index in [4.69, 9.17) is 4.98 Å². The fourth-order valence-corrected chi connectivity index (χ4v) is 3.41. The molecular weight excluding hydrogens is 334 g/mol. The molecule has 2 rings (SSSR count). The number of carbonyl (C=O) groups is 1. The first-order valence-corrected chi connectivity index (χ1v) is 10.5. The van der Waals surface area contributed by atoms with Crippen molar-refractivity contribution < 1.29 is 4.79 Å². The molecule has 0 bridgehead atoms. The van der Waals surface area contributed by atoms with Gasteiger partial charge in [0.25, 0.3) is 0 Å². The number of hydrogen-bond acceptors (Lipinski definition) is 2. The van der Waals surface area contributed by atoms with Gasteiger partial charge in [0.15, 0.2) is 0 Å². The van der Waals surface area contributed by atoms with E-state index in [-0.39, 0.29) is 5.91 Å². The Morgan fingerprint density at radius 3 is 2.44 bits per heavy atom. The highest BCUT2D eigenvalue weighted by Gasteiger charge is 2.10. The molecule has 0 radical (unpaired) electrons. The standard InChI is InChI=1S/C23H35N3O/c1-4-5-6-7-8-9-10-13-18-26-21-15-12-11-14-20(21)25-22(26)16-17-24-23(27)19(2)3/h11-12,14-15H,2,4-10,13,16-18H2,1,3H3,(H,24,27). The number of aromatic nitrogens is 2. The zero-order valence-electron chi connectivity index (χ0n) is 17.1. The second kappa shape index (κ2) is 11.6. The van der Waals surface area contributed by atoms with Crippen molar-refractivity contribution in [1.82, 2.24) is 14.9 Å². The van der Waals surface area contributed by atoms with E-state index >= 15 is 0 Å². The lowest BCUT2D eigenvalue weighted by atomic mass is 10.1. The minimum absolute atomic E-state index is 0.0827. The summed E-state index contributed by atoms with van der Waals surface area (Å²) in [6, 6.07) is 8.31. The molecule has 0 saturated heterocycles. The van der Waals surface area contributed by atoms with Crippen LogP contribution in [0.5, 0.6) is 0 Å². The summed E-state index contributed by atoms with van der Waals surface area (Å²) in [6.07, 6.45) is 11.3. The van der Waals surface area contributed by atoms with Crippen molar-refractivity contribution in [3.8, 4) is 0 Å². The zero-order valence-corrected chi connectivity index (χ0v) is 17.1. The number of carbonyl (C=O) groups excluding carboxylic acids is 1. The van der Waals surface area contributed by atoms with Gasteiger partial charge < -0.3 is 9.88 Å². The van der Waals surface area contributed by atoms with Gasteiger partial charge >= 0.3 is 0 Å². The van der Waals surface area contributed by atoms with Gasteiger partial charge in [-0.1, -0.05) is 70.6 Å². The third kappa shape index (κ3) is 6.85. The van der Waals surface area contributed by atoms with Crippen LogP contribution in [-0.2, 0) is 17.8 Å². The average Bonchev–Trinajstić information content (AvgIpc) is 3.01. The quantitative estimate of drug-likeness (QED) is 0.379. The van der Waals surface area contributed by atoms with Crippen LogP contribution in [0.3, 0.4) is 0 Å². The van der Waals surface area contributed by atoms with E-state index in [2.05, 4.69) is 41.6 Å². The molecule has 0 fully saturated rings. The molecule has 1 aromatic carbocycles. The van der Waals surface area contributed by atoms with Gasteiger partial charge in [-0.25, -0.2) is 4.98 Å². The molecule has 1 amide bonds. The van der Waals surface area contributed by atoms with Crippen LogP contribution in [0.4, 0.5) is 0 Å². The molecule has 1 heterocycles. The third-order valence-electron chi connectivity index (χ3n) is 4.99. The lowest BCUT2D eigenvalue weighted by Crippen LogP contribution is -2.26. The topological polar surface area (TPSA) is 46.9 Å². The Hall–Kier alpha value is -2.10. The van der Waals surface area contributed by atoms with E-state index in [1.54, 1.807) is 6.92 Å². The van der Waals surface area contributed by atoms with Gasteiger partial charge in [0, 0.05) is 25.1 Å². The number of para-hydroxylation sites is 2. The minimum atomic E-state index is -0.0827. The summed E-state index contributed by atoms with van der Waals surface area (Å²) >= 11 is 0. The zero-order chi connectivity index (χ0) is 19.5. The van der Waals surface area contributed by atoms with E-state index in [0.717, 1.165) is 24.3 Å². The molecule has 0 spiro atoms. The number of amides is 1. The van der Waals surface area contributed by atoms with Crippen molar-refractivity contribution in [2.75, 3.05) is 6.54 Å². The van der Waals surface area contributed by atoms with Gasteiger partial charge in [-0.2, -0.15) is 0 Å². The van der Waals surface area contributed by atoms with E-state index in [9.17, 15) is 4.79 Å². The molecule has 1 N–H and O–H groups in total. The number of hydrogen-bond donors (Lipinski definition) is 1. The van der Waals surface area contributed by atoms with Crippen LogP contribution in [0.2, 0.25) is 0 Å². The first-order chi connectivity index (χ1) is 13.1. The normalized spacial score (nSPS) is 11.0. The van der Waals surface area contributed by atoms with Crippen LogP contribution in [0.25, 0.3) is 11.0 Å². The highest BCUT2D eigenvalue weighted by Crippen LogP contribution is 2.18. The number of unbranched alkanes of at least 4 members (excludes halogenated alkanes) is 7. The molecule has 2 aromatic rings. The van der Waals surface area contributed by atoms with E-state index in [1.165, 1.54) is 56.9 Å². The monoisotopic (exact) mass is 369 g/mol.